The second kappa shape index (κ2) is 8.30. The number of hydrogen-bond donors (Lipinski definition) is 0. The molecule has 0 N–H and O–H groups in total. The molecule has 6 nitrogen and oxygen atoms in total. The van der Waals surface area contributed by atoms with Gasteiger partial charge in [0.2, 0.25) is 0 Å². The quantitative estimate of drug-likeness (QED) is 0.604. The number of halogens is 1. The van der Waals surface area contributed by atoms with E-state index in [0.29, 0.717) is 29.7 Å². The minimum Gasteiger partial charge on any atom is -0.490 e. The first-order valence-electron chi connectivity index (χ1n) is 7.77. The van der Waals surface area contributed by atoms with Crippen molar-refractivity contribution >= 4 is 17.8 Å². The van der Waals surface area contributed by atoms with E-state index in [1.54, 1.807) is 6.21 Å². The SMILES string of the molecule is CCOc1cc(/C=N/n2cnnc2)ccc1OCc1cccc(Cl)c1. The van der Waals surface area contributed by atoms with E-state index in [1.807, 2.05) is 49.4 Å². The minimum absolute atomic E-state index is 0.411. The van der Waals surface area contributed by atoms with Crippen molar-refractivity contribution in [3.63, 3.8) is 0 Å². The maximum absolute atomic E-state index is 6.00. The van der Waals surface area contributed by atoms with E-state index >= 15 is 0 Å². The van der Waals surface area contributed by atoms with Gasteiger partial charge in [0.1, 0.15) is 19.3 Å². The highest BCUT2D eigenvalue weighted by molar-refractivity contribution is 6.30. The average molecular weight is 357 g/mol. The van der Waals surface area contributed by atoms with Crippen LogP contribution < -0.4 is 9.47 Å². The molecule has 0 unspecified atom stereocenters. The summed E-state index contributed by atoms with van der Waals surface area (Å²) >= 11 is 6.00. The van der Waals surface area contributed by atoms with Crippen molar-refractivity contribution < 1.29 is 9.47 Å². The molecule has 7 heteroatoms. The minimum atomic E-state index is 0.411. The molecule has 0 aliphatic carbocycles. The van der Waals surface area contributed by atoms with Crippen molar-refractivity contribution in [3.8, 4) is 11.5 Å². The van der Waals surface area contributed by atoms with Crippen LogP contribution in [0.4, 0.5) is 0 Å². The fraction of sp³-hybridized carbons (Fsp3) is 0.167. The lowest BCUT2D eigenvalue weighted by Crippen LogP contribution is -2.00. The van der Waals surface area contributed by atoms with Crippen LogP contribution in [0.15, 0.2) is 60.2 Å². The summed E-state index contributed by atoms with van der Waals surface area (Å²) in [6.07, 6.45) is 4.73. The highest BCUT2D eigenvalue weighted by Crippen LogP contribution is 2.29. The van der Waals surface area contributed by atoms with E-state index in [0.717, 1.165) is 11.1 Å². The van der Waals surface area contributed by atoms with Crippen LogP contribution in [0, 0.1) is 0 Å². The summed E-state index contributed by atoms with van der Waals surface area (Å²) in [4.78, 5) is 0. The van der Waals surface area contributed by atoms with Crippen LogP contribution in [-0.4, -0.2) is 27.7 Å². The Hall–Kier alpha value is -2.86. The van der Waals surface area contributed by atoms with Gasteiger partial charge in [-0.05, 0) is 48.4 Å². The Morgan fingerprint density at radius 1 is 1.08 bits per heavy atom. The van der Waals surface area contributed by atoms with Gasteiger partial charge in [0.05, 0.1) is 12.8 Å². The maximum atomic E-state index is 6.00. The fourth-order valence-corrected chi connectivity index (χ4v) is 2.38. The first-order chi connectivity index (χ1) is 12.2. The molecule has 1 heterocycles. The lowest BCUT2D eigenvalue weighted by molar-refractivity contribution is 0.269. The summed E-state index contributed by atoms with van der Waals surface area (Å²) < 4.78 is 13.1. The Morgan fingerprint density at radius 2 is 1.92 bits per heavy atom. The second-order valence-electron chi connectivity index (χ2n) is 5.14. The number of nitrogens with zero attached hydrogens (tertiary/aromatic N) is 4. The molecule has 3 aromatic rings. The van der Waals surface area contributed by atoms with Crippen molar-refractivity contribution in [3.05, 3.63) is 71.3 Å². The molecule has 25 heavy (non-hydrogen) atoms. The Kier molecular flexibility index (Phi) is 5.64. The van der Waals surface area contributed by atoms with Crippen molar-refractivity contribution in [2.45, 2.75) is 13.5 Å². The fourth-order valence-electron chi connectivity index (χ4n) is 2.17. The van der Waals surface area contributed by atoms with Crippen LogP contribution in [0.1, 0.15) is 18.1 Å². The standard InChI is InChI=1S/C18H17ClN4O2/c1-2-24-18-9-14(10-22-23-12-20-21-13-23)6-7-17(18)25-11-15-4-3-5-16(19)8-15/h3-10,12-13H,2,11H2,1H3/b22-10+. The molecular formula is C18H17ClN4O2. The van der Waals surface area contributed by atoms with Gasteiger partial charge in [-0.1, -0.05) is 23.7 Å². The van der Waals surface area contributed by atoms with Crippen LogP contribution >= 0.6 is 11.6 Å². The molecule has 128 valence electrons. The van der Waals surface area contributed by atoms with Crippen molar-refractivity contribution in [1.82, 2.24) is 14.9 Å². The van der Waals surface area contributed by atoms with Gasteiger partial charge in [0.25, 0.3) is 0 Å². The molecule has 0 aliphatic heterocycles. The summed E-state index contributed by atoms with van der Waals surface area (Å²) in [6, 6.07) is 13.2. The third-order valence-corrected chi connectivity index (χ3v) is 3.53. The predicted octanol–water partition coefficient (Wildman–Crippen LogP) is 3.79. The number of ether oxygens (including phenoxy) is 2. The van der Waals surface area contributed by atoms with Gasteiger partial charge in [-0.25, -0.2) is 4.68 Å². The Bertz CT molecular complexity index is 850. The van der Waals surface area contributed by atoms with Crippen LogP contribution in [0.5, 0.6) is 11.5 Å². The first-order valence-corrected chi connectivity index (χ1v) is 8.15. The predicted molar refractivity (Wildman–Crippen MR) is 96.4 cm³/mol. The number of hydrogen-bond acceptors (Lipinski definition) is 5. The molecule has 0 aliphatic rings. The second-order valence-corrected chi connectivity index (χ2v) is 5.58. The third-order valence-electron chi connectivity index (χ3n) is 3.30. The van der Waals surface area contributed by atoms with Gasteiger partial charge in [0.15, 0.2) is 11.5 Å². The summed E-state index contributed by atoms with van der Waals surface area (Å²) in [5.74, 6) is 1.33. The summed E-state index contributed by atoms with van der Waals surface area (Å²) in [5.41, 5.74) is 1.88. The van der Waals surface area contributed by atoms with E-state index in [4.69, 9.17) is 21.1 Å². The van der Waals surface area contributed by atoms with E-state index < -0.39 is 0 Å². The monoisotopic (exact) mass is 356 g/mol. The van der Waals surface area contributed by atoms with Gasteiger partial charge in [-0.15, -0.1) is 10.2 Å². The largest absolute Gasteiger partial charge is 0.490 e. The van der Waals surface area contributed by atoms with E-state index in [1.165, 1.54) is 17.3 Å². The van der Waals surface area contributed by atoms with Gasteiger partial charge in [-0.3, -0.25) is 0 Å². The summed E-state index contributed by atoms with van der Waals surface area (Å²) in [7, 11) is 0. The van der Waals surface area contributed by atoms with E-state index in [9.17, 15) is 0 Å². The topological polar surface area (TPSA) is 61.5 Å². The average Bonchev–Trinajstić information content (AvgIpc) is 3.13. The molecule has 0 spiro atoms. The van der Waals surface area contributed by atoms with Crippen LogP contribution in [0.2, 0.25) is 5.02 Å². The van der Waals surface area contributed by atoms with Crippen LogP contribution in [-0.2, 0) is 6.61 Å². The zero-order chi connectivity index (χ0) is 17.5. The smallest absolute Gasteiger partial charge is 0.161 e. The molecule has 2 aromatic carbocycles. The normalized spacial score (nSPS) is 11.0. The highest BCUT2D eigenvalue weighted by Gasteiger charge is 2.07. The van der Waals surface area contributed by atoms with Gasteiger partial charge < -0.3 is 9.47 Å². The highest BCUT2D eigenvalue weighted by atomic mass is 35.5. The van der Waals surface area contributed by atoms with Crippen molar-refractivity contribution in [2.24, 2.45) is 5.10 Å². The Morgan fingerprint density at radius 3 is 2.68 bits per heavy atom. The van der Waals surface area contributed by atoms with Crippen LogP contribution in [0.3, 0.4) is 0 Å². The molecule has 1 aromatic heterocycles. The van der Waals surface area contributed by atoms with Crippen molar-refractivity contribution in [2.75, 3.05) is 6.61 Å². The number of benzene rings is 2. The lowest BCUT2D eigenvalue weighted by Gasteiger charge is -2.12. The van der Waals surface area contributed by atoms with Gasteiger partial charge >= 0.3 is 0 Å². The summed E-state index contributed by atoms with van der Waals surface area (Å²) in [5, 5.41) is 12.3. The number of aromatic nitrogens is 3. The molecule has 3 rings (SSSR count). The Labute approximate surface area is 150 Å². The molecule has 0 radical (unpaired) electrons. The maximum Gasteiger partial charge on any atom is 0.161 e. The van der Waals surface area contributed by atoms with Crippen LogP contribution in [0.25, 0.3) is 0 Å². The zero-order valence-corrected chi connectivity index (χ0v) is 14.4. The molecular weight excluding hydrogens is 340 g/mol. The van der Waals surface area contributed by atoms with E-state index in [-0.39, 0.29) is 0 Å². The zero-order valence-electron chi connectivity index (χ0n) is 13.7. The van der Waals surface area contributed by atoms with Crippen molar-refractivity contribution in [1.29, 1.82) is 0 Å². The lowest BCUT2D eigenvalue weighted by atomic mass is 10.2. The number of rotatable bonds is 7. The van der Waals surface area contributed by atoms with Gasteiger partial charge in [0, 0.05) is 5.02 Å². The molecule has 0 bridgehead atoms. The third kappa shape index (κ3) is 4.81. The molecule has 0 saturated heterocycles. The molecule has 0 fully saturated rings. The molecule has 0 atom stereocenters. The Balaban J connectivity index is 1.74. The summed E-state index contributed by atoms with van der Waals surface area (Å²) in [6.45, 7) is 2.88. The molecule has 0 saturated carbocycles. The first kappa shape index (κ1) is 17.0. The van der Waals surface area contributed by atoms with E-state index in [2.05, 4.69) is 15.3 Å². The van der Waals surface area contributed by atoms with Gasteiger partial charge in [-0.2, -0.15) is 5.10 Å². The molecule has 0 amide bonds.